The number of likely N-dealkylation sites (tertiary alicyclic amines) is 1. The van der Waals surface area contributed by atoms with Gasteiger partial charge in [0.05, 0.1) is 13.7 Å². The lowest BCUT2D eigenvalue weighted by Crippen LogP contribution is -2.37. The molecule has 1 aromatic carbocycles. The van der Waals surface area contributed by atoms with E-state index in [1.54, 1.807) is 4.90 Å². The van der Waals surface area contributed by atoms with Crippen molar-refractivity contribution in [2.24, 2.45) is 11.7 Å². The molecule has 3 rings (SSSR count). The maximum atomic E-state index is 12.1. The smallest absolute Gasteiger partial charge is 0.410 e. The Bertz CT molecular complexity index is 688. The first kappa shape index (κ1) is 21.4. The summed E-state index contributed by atoms with van der Waals surface area (Å²) in [6.45, 7) is 3.81. The van der Waals surface area contributed by atoms with Crippen LogP contribution in [-0.4, -0.2) is 81.0 Å². The zero-order valence-electron chi connectivity index (χ0n) is 17.2. The van der Waals surface area contributed by atoms with Crippen molar-refractivity contribution in [3.8, 4) is 5.75 Å². The highest BCUT2D eigenvalue weighted by Gasteiger charge is 2.33. The molecule has 2 heterocycles. The van der Waals surface area contributed by atoms with Gasteiger partial charge in [-0.15, -0.1) is 0 Å². The van der Waals surface area contributed by atoms with Gasteiger partial charge in [0.25, 0.3) is 0 Å². The molecular weight excluding hydrogens is 374 g/mol. The van der Waals surface area contributed by atoms with Crippen LogP contribution in [-0.2, 0) is 20.7 Å². The van der Waals surface area contributed by atoms with E-state index in [-0.39, 0.29) is 12.2 Å². The van der Waals surface area contributed by atoms with Crippen LogP contribution in [0.5, 0.6) is 5.75 Å². The Morgan fingerprint density at radius 1 is 1.28 bits per heavy atom. The second-order valence-corrected chi connectivity index (χ2v) is 7.95. The Kier molecular flexibility index (Phi) is 7.33. The molecule has 160 valence electrons. The Morgan fingerprint density at radius 3 is 2.62 bits per heavy atom. The number of ether oxygens (including phenoxy) is 3. The molecule has 2 unspecified atom stereocenters. The Labute approximate surface area is 171 Å². The topological polar surface area (TPSA) is 94.3 Å². The second-order valence-electron chi connectivity index (χ2n) is 7.95. The predicted octanol–water partition coefficient (Wildman–Crippen LogP) is 1.27. The number of esters is 1. The fraction of sp³-hybridized carbons (Fsp3) is 0.619. The third kappa shape index (κ3) is 6.08. The number of nitrogens with two attached hydrogens (primary N) is 1. The number of cyclic esters (lactones) is 1. The summed E-state index contributed by atoms with van der Waals surface area (Å²) in [5, 5.41) is 0. The molecule has 2 saturated heterocycles. The zero-order chi connectivity index (χ0) is 20.8. The number of amides is 1. The number of hydrogen-bond donors (Lipinski definition) is 1. The molecule has 0 radical (unpaired) electrons. The van der Waals surface area contributed by atoms with Gasteiger partial charge in [0.15, 0.2) is 6.10 Å². The van der Waals surface area contributed by atoms with Crippen molar-refractivity contribution in [1.82, 2.24) is 9.80 Å². The van der Waals surface area contributed by atoms with Crippen molar-refractivity contribution >= 4 is 12.1 Å². The van der Waals surface area contributed by atoms with E-state index in [0.717, 1.165) is 38.0 Å². The average Bonchev–Trinajstić information content (AvgIpc) is 3.07. The van der Waals surface area contributed by atoms with Gasteiger partial charge in [0.1, 0.15) is 18.4 Å². The summed E-state index contributed by atoms with van der Waals surface area (Å²) in [6, 6.07) is 6.70. The van der Waals surface area contributed by atoms with E-state index in [0.29, 0.717) is 31.2 Å². The zero-order valence-corrected chi connectivity index (χ0v) is 17.2. The molecule has 0 bridgehead atoms. The van der Waals surface area contributed by atoms with Gasteiger partial charge in [-0.25, -0.2) is 4.79 Å². The van der Waals surface area contributed by atoms with E-state index in [1.807, 2.05) is 24.3 Å². The van der Waals surface area contributed by atoms with Crippen LogP contribution in [0, 0.1) is 5.92 Å². The van der Waals surface area contributed by atoms with E-state index in [4.69, 9.17) is 15.2 Å². The third-order valence-corrected chi connectivity index (χ3v) is 5.59. The summed E-state index contributed by atoms with van der Waals surface area (Å²) >= 11 is 0. The number of rotatable bonds is 8. The van der Waals surface area contributed by atoms with Crippen molar-refractivity contribution in [1.29, 1.82) is 0 Å². The number of methoxy groups -OCH3 is 1. The lowest BCUT2D eigenvalue weighted by atomic mass is 9.96. The molecule has 0 aromatic heterocycles. The monoisotopic (exact) mass is 405 g/mol. The van der Waals surface area contributed by atoms with Crippen molar-refractivity contribution in [2.75, 3.05) is 46.9 Å². The number of hydrogen-bond acceptors (Lipinski definition) is 7. The van der Waals surface area contributed by atoms with E-state index in [9.17, 15) is 9.59 Å². The molecule has 2 atom stereocenters. The molecule has 8 heteroatoms. The minimum Gasteiger partial charge on any atom is -0.490 e. The molecule has 2 aliphatic rings. The van der Waals surface area contributed by atoms with Crippen LogP contribution in [0.15, 0.2) is 24.3 Å². The fourth-order valence-corrected chi connectivity index (χ4v) is 3.77. The van der Waals surface area contributed by atoms with Crippen LogP contribution in [0.4, 0.5) is 4.79 Å². The number of nitrogens with zero attached hydrogens (tertiary/aromatic N) is 2. The van der Waals surface area contributed by atoms with Crippen molar-refractivity contribution in [3.63, 3.8) is 0 Å². The maximum Gasteiger partial charge on any atom is 0.410 e. The van der Waals surface area contributed by atoms with Crippen LogP contribution in [0.3, 0.4) is 0 Å². The van der Waals surface area contributed by atoms with Crippen LogP contribution in [0.2, 0.25) is 0 Å². The van der Waals surface area contributed by atoms with Gasteiger partial charge in [-0.2, -0.15) is 0 Å². The van der Waals surface area contributed by atoms with Gasteiger partial charge in [0.2, 0.25) is 0 Å². The van der Waals surface area contributed by atoms with Crippen LogP contribution in [0.1, 0.15) is 18.4 Å². The lowest BCUT2D eigenvalue weighted by Gasteiger charge is -2.30. The molecule has 8 nitrogen and oxygen atoms in total. The van der Waals surface area contributed by atoms with Gasteiger partial charge in [-0.05, 0) is 63.0 Å². The number of benzene rings is 1. The molecule has 0 aliphatic carbocycles. The lowest BCUT2D eigenvalue weighted by molar-refractivity contribution is -0.142. The van der Waals surface area contributed by atoms with E-state index >= 15 is 0 Å². The minimum absolute atomic E-state index is 0.246. The Balaban J connectivity index is 1.42. The molecule has 1 aromatic rings. The molecule has 2 aliphatic heterocycles. The first-order valence-corrected chi connectivity index (χ1v) is 10.1. The van der Waals surface area contributed by atoms with Crippen LogP contribution in [0.25, 0.3) is 0 Å². The highest BCUT2D eigenvalue weighted by atomic mass is 16.6. The molecule has 2 N–H and O–H groups in total. The Morgan fingerprint density at radius 2 is 1.97 bits per heavy atom. The standard InChI is InChI=1S/C21H31N3O5/c1-23-9-7-16(8-10-23)12-24-13-18(29-21(24)26)14-28-17-5-3-15(4-6-17)11-19(22)20(25)27-2/h3-6,16,18-19H,7-14,22H2,1-2H3. The average molecular weight is 405 g/mol. The van der Waals surface area contributed by atoms with E-state index < -0.39 is 12.0 Å². The molecule has 1 amide bonds. The second kappa shape index (κ2) is 9.93. The Hall–Kier alpha value is -2.32. The van der Waals surface area contributed by atoms with Gasteiger partial charge < -0.3 is 29.7 Å². The highest BCUT2D eigenvalue weighted by molar-refractivity contribution is 5.75. The normalized spacial score (nSPS) is 21.7. The summed E-state index contributed by atoms with van der Waals surface area (Å²) in [4.78, 5) is 27.7. The van der Waals surface area contributed by atoms with Gasteiger partial charge in [-0.1, -0.05) is 12.1 Å². The number of piperidine rings is 1. The summed E-state index contributed by atoms with van der Waals surface area (Å²) in [6.07, 6.45) is 2.13. The van der Waals surface area contributed by atoms with E-state index in [2.05, 4.69) is 16.7 Å². The molecule has 2 fully saturated rings. The van der Waals surface area contributed by atoms with Gasteiger partial charge in [-0.3, -0.25) is 4.79 Å². The van der Waals surface area contributed by atoms with Gasteiger partial charge in [0, 0.05) is 6.54 Å². The summed E-state index contributed by atoms with van der Waals surface area (Å²) in [5.41, 5.74) is 6.70. The quantitative estimate of drug-likeness (QED) is 0.651. The largest absolute Gasteiger partial charge is 0.490 e. The molecule has 0 spiro atoms. The van der Waals surface area contributed by atoms with Crippen LogP contribution >= 0.6 is 0 Å². The summed E-state index contributed by atoms with van der Waals surface area (Å²) < 4.78 is 15.9. The van der Waals surface area contributed by atoms with Crippen molar-refractivity contribution in [3.05, 3.63) is 29.8 Å². The van der Waals surface area contributed by atoms with Crippen LogP contribution < -0.4 is 10.5 Å². The predicted molar refractivity (Wildman–Crippen MR) is 108 cm³/mol. The fourth-order valence-electron chi connectivity index (χ4n) is 3.77. The first-order chi connectivity index (χ1) is 13.9. The maximum absolute atomic E-state index is 12.1. The number of carbonyl (C=O) groups is 2. The third-order valence-electron chi connectivity index (χ3n) is 5.59. The minimum atomic E-state index is -0.680. The summed E-state index contributed by atoms with van der Waals surface area (Å²) in [5.74, 6) is 0.797. The molecule has 29 heavy (non-hydrogen) atoms. The number of carbonyl (C=O) groups excluding carboxylic acids is 2. The van der Waals surface area contributed by atoms with Crippen molar-refractivity contribution in [2.45, 2.75) is 31.4 Å². The van der Waals surface area contributed by atoms with Crippen molar-refractivity contribution < 1.29 is 23.8 Å². The van der Waals surface area contributed by atoms with Gasteiger partial charge >= 0.3 is 12.1 Å². The highest BCUT2D eigenvalue weighted by Crippen LogP contribution is 2.21. The SMILES string of the molecule is COC(=O)C(N)Cc1ccc(OCC2CN(CC3CCN(C)CC3)C(=O)O2)cc1. The molecule has 0 saturated carbocycles. The first-order valence-electron chi connectivity index (χ1n) is 10.1. The summed E-state index contributed by atoms with van der Waals surface area (Å²) in [7, 11) is 3.46. The molecular formula is C21H31N3O5. The van der Waals surface area contributed by atoms with E-state index in [1.165, 1.54) is 7.11 Å².